The summed E-state index contributed by atoms with van der Waals surface area (Å²) in [6.07, 6.45) is 0. The zero-order chi connectivity index (χ0) is 11.5. The Morgan fingerprint density at radius 1 is 1.44 bits per heavy atom. The molecule has 2 aromatic heterocycles. The molecule has 16 heavy (non-hydrogen) atoms. The first-order chi connectivity index (χ1) is 7.70. The van der Waals surface area contributed by atoms with Crippen molar-refractivity contribution in [1.29, 1.82) is 0 Å². The lowest BCUT2D eigenvalue weighted by Gasteiger charge is -1.99. The fourth-order valence-corrected chi connectivity index (χ4v) is 2.02. The first-order valence-electron chi connectivity index (χ1n) is 4.79. The van der Waals surface area contributed by atoms with Crippen molar-refractivity contribution in [2.75, 3.05) is 0 Å². The topological polar surface area (TPSA) is 98.3 Å². The molecule has 2 heterocycles. The molecular weight excluding hydrogens is 226 g/mol. The van der Waals surface area contributed by atoms with E-state index in [1.54, 1.807) is 0 Å². The van der Waals surface area contributed by atoms with E-state index in [0.29, 0.717) is 12.3 Å². The summed E-state index contributed by atoms with van der Waals surface area (Å²) in [5, 5.41) is 15.7. The van der Waals surface area contributed by atoms with Crippen LogP contribution in [0, 0.1) is 6.92 Å². The maximum Gasteiger partial charge on any atom is 0.191 e. The van der Waals surface area contributed by atoms with Crippen molar-refractivity contribution in [3.63, 3.8) is 0 Å². The summed E-state index contributed by atoms with van der Waals surface area (Å²) in [6.45, 7) is 2.26. The van der Waals surface area contributed by atoms with Crippen LogP contribution in [0.4, 0.5) is 0 Å². The molecule has 0 aliphatic carbocycles. The predicted molar refractivity (Wildman–Crippen MR) is 59.6 cm³/mol. The van der Waals surface area contributed by atoms with Gasteiger partial charge in [0.25, 0.3) is 0 Å². The van der Waals surface area contributed by atoms with Gasteiger partial charge in [0.2, 0.25) is 0 Å². The van der Waals surface area contributed by atoms with Gasteiger partial charge in [-0.3, -0.25) is 5.10 Å². The first kappa shape index (κ1) is 11.1. The quantitative estimate of drug-likeness (QED) is 0.728. The number of H-pyrrole nitrogens is 1. The van der Waals surface area contributed by atoms with E-state index >= 15 is 0 Å². The van der Waals surface area contributed by atoms with Crippen LogP contribution in [0.1, 0.15) is 17.5 Å². The Kier molecular flexibility index (Phi) is 3.20. The van der Waals surface area contributed by atoms with E-state index in [9.17, 15) is 0 Å². The molecule has 0 unspecified atom stereocenters. The van der Waals surface area contributed by atoms with E-state index in [1.165, 1.54) is 11.8 Å². The second-order valence-electron chi connectivity index (χ2n) is 3.29. The number of aryl methyl sites for hydroxylation is 1. The van der Waals surface area contributed by atoms with Crippen LogP contribution in [-0.4, -0.2) is 29.9 Å². The predicted octanol–water partition coefficient (Wildman–Crippen LogP) is -0.00738. The lowest BCUT2D eigenvalue weighted by molar-refractivity contribution is 0.734. The van der Waals surface area contributed by atoms with E-state index in [-0.39, 0.29) is 0 Å². The maximum atomic E-state index is 5.51. The van der Waals surface area contributed by atoms with Crippen LogP contribution in [-0.2, 0) is 19.3 Å². The third-order valence-electron chi connectivity index (χ3n) is 2.08. The number of aromatic amines is 1. The average Bonchev–Trinajstić information content (AvgIpc) is 2.83. The van der Waals surface area contributed by atoms with Gasteiger partial charge in [-0.1, -0.05) is 11.8 Å². The van der Waals surface area contributed by atoms with Gasteiger partial charge in [0.05, 0.1) is 12.3 Å². The van der Waals surface area contributed by atoms with Gasteiger partial charge < -0.3 is 10.3 Å². The Morgan fingerprint density at radius 2 is 2.25 bits per heavy atom. The normalized spacial score (nSPS) is 10.9. The van der Waals surface area contributed by atoms with Gasteiger partial charge in [-0.2, -0.15) is 5.10 Å². The molecule has 0 bridgehead atoms. The molecular formula is C8H13N7S. The van der Waals surface area contributed by atoms with E-state index in [1.807, 2.05) is 18.5 Å². The zero-order valence-electron chi connectivity index (χ0n) is 9.14. The number of aromatic nitrogens is 6. The summed E-state index contributed by atoms with van der Waals surface area (Å²) in [7, 11) is 1.90. The van der Waals surface area contributed by atoms with Crippen LogP contribution < -0.4 is 5.73 Å². The Hall–Kier alpha value is -1.41. The number of hydrogen-bond donors (Lipinski definition) is 2. The largest absolute Gasteiger partial charge is 0.324 e. The van der Waals surface area contributed by atoms with Crippen molar-refractivity contribution in [2.45, 2.75) is 24.4 Å². The highest BCUT2D eigenvalue weighted by Gasteiger charge is 2.09. The molecule has 2 aromatic rings. The molecule has 0 amide bonds. The average molecular weight is 239 g/mol. The second-order valence-corrected chi connectivity index (χ2v) is 4.23. The highest BCUT2D eigenvalue weighted by atomic mass is 32.2. The van der Waals surface area contributed by atoms with Crippen LogP contribution in [0.2, 0.25) is 0 Å². The van der Waals surface area contributed by atoms with Crippen molar-refractivity contribution in [3.05, 3.63) is 17.5 Å². The molecule has 8 heteroatoms. The summed E-state index contributed by atoms with van der Waals surface area (Å²) in [4.78, 5) is 4.21. The number of thioether (sulfide) groups is 1. The van der Waals surface area contributed by atoms with E-state index in [4.69, 9.17) is 5.73 Å². The number of nitrogens with zero attached hydrogens (tertiary/aromatic N) is 5. The highest BCUT2D eigenvalue weighted by molar-refractivity contribution is 7.98. The summed E-state index contributed by atoms with van der Waals surface area (Å²) in [6, 6.07) is 0. The summed E-state index contributed by atoms with van der Waals surface area (Å²) < 4.78 is 1.88. The van der Waals surface area contributed by atoms with Crippen molar-refractivity contribution in [1.82, 2.24) is 29.9 Å². The third kappa shape index (κ3) is 2.22. The third-order valence-corrected chi connectivity index (χ3v) is 3.10. The van der Waals surface area contributed by atoms with Gasteiger partial charge in [0.1, 0.15) is 11.6 Å². The molecule has 86 valence electrons. The highest BCUT2D eigenvalue weighted by Crippen LogP contribution is 2.18. The van der Waals surface area contributed by atoms with Gasteiger partial charge in [-0.25, -0.2) is 4.98 Å². The number of nitrogens with one attached hydrogen (secondary N) is 1. The van der Waals surface area contributed by atoms with Crippen molar-refractivity contribution >= 4 is 11.8 Å². The Balaban J connectivity index is 2.02. The van der Waals surface area contributed by atoms with Crippen LogP contribution in [0.25, 0.3) is 0 Å². The van der Waals surface area contributed by atoms with Crippen molar-refractivity contribution in [2.24, 2.45) is 12.8 Å². The molecule has 0 radical (unpaired) electrons. The Morgan fingerprint density at radius 3 is 2.81 bits per heavy atom. The molecule has 0 spiro atoms. The smallest absolute Gasteiger partial charge is 0.191 e. The van der Waals surface area contributed by atoms with Gasteiger partial charge in [0.15, 0.2) is 11.0 Å². The minimum atomic E-state index is 0.393. The molecule has 0 aromatic carbocycles. The number of rotatable bonds is 4. The van der Waals surface area contributed by atoms with E-state index in [0.717, 1.165) is 22.6 Å². The van der Waals surface area contributed by atoms with Gasteiger partial charge in [0, 0.05) is 7.05 Å². The minimum absolute atomic E-state index is 0.393. The standard InChI is InChI=1S/C8H13N7S/c1-5-10-6(12-11-5)4-16-8-14-13-7(3-9)15(8)2/h3-4,9H2,1-2H3,(H,10,11,12). The summed E-state index contributed by atoms with van der Waals surface area (Å²) >= 11 is 1.54. The van der Waals surface area contributed by atoms with Gasteiger partial charge in [-0.05, 0) is 6.92 Å². The molecule has 0 saturated heterocycles. The Bertz CT molecular complexity index is 474. The lowest BCUT2D eigenvalue weighted by atomic mass is 10.6. The van der Waals surface area contributed by atoms with Gasteiger partial charge in [-0.15, -0.1) is 10.2 Å². The van der Waals surface area contributed by atoms with Crippen molar-refractivity contribution in [3.8, 4) is 0 Å². The maximum absolute atomic E-state index is 5.51. The minimum Gasteiger partial charge on any atom is -0.324 e. The molecule has 0 fully saturated rings. The number of hydrogen-bond acceptors (Lipinski definition) is 6. The van der Waals surface area contributed by atoms with Crippen LogP contribution in [0.15, 0.2) is 5.16 Å². The molecule has 3 N–H and O–H groups in total. The van der Waals surface area contributed by atoms with Crippen LogP contribution in [0.3, 0.4) is 0 Å². The van der Waals surface area contributed by atoms with Gasteiger partial charge >= 0.3 is 0 Å². The van der Waals surface area contributed by atoms with Crippen LogP contribution >= 0.6 is 11.8 Å². The molecule has 0 aliphatic heterocycles. The molecule has 0 aliphatic rings. The monoisotopic (exact) mass is 239 g/mol. The Labute approximate surface area is 96.9 Å². The van der Waals surface area contributed by atoms with E-state index < -0.39 is 0 Å². The molecule has 7 nitrogen and oxygen atoms in total. The summed E-state index contributed by atoms with van der Waals surface area (Å²) in [5.41, 5.74) is 5.51. The number of nitrogens with two attached hydrogens (primary N) is 1. The van der Waals surface area contributed by atoms with Crippen LogP contribution in [0.5, 0.6) is 0 Å². The lowest BCUT2D eigenvalue weighted by Crippen LogP contribution is -2.05. The molecule has 2 rings (SSSR count). The fourth-order valence-electron chi connectivity index (χ4n) is 1.23. The summed E-state index contributed by atoms with van der Waals surface area (Å²) in [5.74, 6) is 3.02. The zero-order valence-corrected chi connectivity index (χ0v) is 9.95. The van der Waals surface area contributed by atoms with Crippen molar-refractivity contribution < 1.29 is 0 Å². The fraction of sp³-hybridized carbons (Fsp3) is 0.500. The van der Waals surface area contributed by atoms with E-state index in [2.05, 4.69) is 25.4 Å². The first-order valence-corrected chi connectivity index (χ1v) is 5.78. The SMILES string of the molecule is Cc1nc(CSc2nnc(CN)n2C)n[nH]1. The molecule has 0 saturated carbocycles. The second kappa shape index (κ2) is 4.62. The molecule has 0 atom stereocenters.